The second-order valence-electron chi connectivity index (χ2n) is 3.30. The molecule has 0 saturated heterocycles. The van der Waals surface area contributed by atoms with Gasteiger partial charge in [0.2, 0.25) is 0 Å². The van der Waals surface area contributed by atoms with Gasteiger partial charge >= 0.3 is 0 Å². The Hall–Kier alpha value is -0.750. The number of nitrogens with zero attached hydrogens (tertiary/aromatic N) is 1. The van der Waals surface area contributed by atoms with Crippen molar-refractivity contribution < 1.29 is 4.79 Å². The molecule has 0 saturated carbocycles. The average molecular weight is 369 g/mol. The lowest BCUT2D eigenvalue weighted by Crippen LogP contribution is -2.12. The quantitative estimate of drug-likeness (QED) is 0.772. The molecule has 2 aromatic heterocycles. The van der Waals surface area contributed by atoms with Gasteiger partial charge < -0.3 is 10.3 Å². The van der Waals surface area contributed by atoms with Crippen molar-refractivity contribution in [3.05, 3.63) is 43.8 Å². The van der Waals surface area contributed by atoms with Gasteiger partial charge in [-0.3, -0.25) is 4.79 Å². The Labute approximate surface area is 126 Å². The Morgan fingerprint density at radius 3 is 2.61 bits per heavy atom. The lowest BCUT2D eigenvalue weighted by atomic mass is 10.3. The van der Waals surface area contributed by atoms with Crippen molar-refractivity contribution in [1.29, 1.82) is 0 Å². The van der Waals surface area contributed by atoms with Gasteiger partial charge in [-0.2, -0.15) is 0 Å². The fourth-order valence-electron chi connectivity index (χ4n) is 1.21. The molecular formula is C10H5BrCl3N3O. The zero-order chi connectivity index (χ0) is 13.3. The van der Waals surface area contributed by atoms with Gasteiger partial charge in [-0.1, -0.05) is 34.8 Å². The first kappa shape index (κ1) is 13.7. The Kier molecular flexibility index (Phi) is 4.17. The van der Waals surface area contributed by atoms with E-state index in [0.717, 1.165) is 0 Å². The van der Waals surface area contributed by atoms with Crippen molar-refractivity contribution in [2.75, 3.05) is 5.32 Å². The molecule has 18 heavy (non-hydrogen) atoms. The number of hydrogen-bond donors (Lipinski definition) is 2. The molecule has 2 N–H and O–H groups in total. The zero-order valence-corrected chi connectivity index (χ0v) is 12.5. The monoisotopic (exact) mass is 367 g/mol. The van der Waals surface area contributed by atoms with Crippen LogP contribution in [0.1, 0.15) is 10.5 Å². The molecule has 2 aromatic rings. The molecule has 0 fully saturated rings. The molecule has 4 nitrogen and oxygen atoms in total. The van der Waals surface area contributed by atoms with E-state index < -0.39 is 0 Å². The summed E-state index contributed by atoms with van der Waals surface area (Å²) in [6.45, 7) is 0. The van der Waals surface area contributed by atoms with Crippen LogP contribution in [0.3, 0.4) is 0 Å². The van der Waals surface area contributed by atoms with Gasteiger partial charge in [0, 0.05) is 0 Å². The maximum atomic E-state index is 11.8. The first-order chi connectivity index (χ1) is 8.47. The highest BCUT2D eigenvalue weighted by molar-refractivity contribution is 9.10. The number of anilines is 1. The normalized spacial score (nSPS) is 10.4. The molecule has 2 heterocycles. The van der Waals surface area contributed by atoms with Crippen molar-refractivity contribution in [2.24, 2.45) is 0 Å². The molecule has 0 aliphatic rings. The fourth-order valence-corrected chi connectivity index (χ4v) is 1.98. The first-order valence-corrected chi connectivity index (χ1v) is 6.56. The van der Waals surface area contributed by atoms with Crippen LogP contribution < -0.4 is 5.32 Å². The van der Waals surface area contributed by atoms with E-state index in [1.54, 1.807) is 6.07 Å². The van der Waals surface area contributed by atoms with Gasteiger partial charge in [0.05, 0.1) is 21.4 Å². The van der Waals surface area contributed by atoms with Crippen molar-refractivity contribution in [3.63, 3.8) is 0 Å². The van der Waals surface area contributed by atoms with Crippen molar-refractivity contribution in [2.45, 2.75) is 0 Å². The van der Waals surface area contributed by atoms with E-state index in [2.05, 4.69) is 31.2 Å². The van der Waals surface area contributed by atoms with Crippen LogP contribution >= 0.6 is 50.7 Å². The summed E-state index contributed by atoms with van der Waals surface area (Å²) in [5.41, 5.74) is 0.759. The van der Waals surface area contributed by atoms with Crippen LogP contribution in [0.25, 0.3) is 0 Å². The molecule has 0 bridgehead atoms. The Morgan fingerprint density at radius 1 is 1.33 bits per heavy atom. The predicted molar refractivity (Wildman–Crippen MR) is 75.7 cm³/mol. The summed E-state index contributed by atoms with van der Waals surface area (Å²) >= 11 is 20.4. The van der Waals surface area contributed by atoms with Gasteiger partial charge in [-0.15, -0.1) is 0 Å². The van der Waals surface area contributed by atoms with E-state index in [1.165, 1.54) is 12.3 Å². The predicted octanol–water partition coefficient (Wildman–Crippen LogP) is 4.38. The van der Waals surface area contributed by atoms with Gasteiger partial charge in [0.1, 0.15) is 16.0 Å². The van der Waals surface area contributed by atoms with E-state index in [4.69, 9.17) is 34.8 Å². The number of aromatic nitrogens is 2. The highest BCUT2D eigenvalue weighted by Crippen LogP contribution is 2.24. The van der Waals surface area contributed by atoms with Crippen LogP contribution in [0.2, 0.25) is 15.3 Å². The van der Waals surface area contributed by atoms with Crippen LogP contribution in [-0.2, 0) is 0 Å². The molecule has 94 valence electrons. The van der Waals surface area contributed by atoms with Gasteiger partial charge in [-0.25, -0.2) is 4.98 Å². The molecule has 0 unspecified atom stereocenters. The number of amides is 1. The molecule has 0 aliphatic carbocycles. The Morgan fingerprint density at radius 2 is 2.06 bits per heavy atom. The Bertz CT molecular complexity index is 595. The minimum atomic E-state index is -0.375. The van der Waals surface area contributed by atoms with Crippen molar-refractivity contribution in [3.8, 4) is 0 Å². The molecule has 0 radical (unpaired) electrons. The maximum Gasteiger partial charge on any atom is 0.272 e. The summed E-state index contributed by atoms with van der Waals surface area (Å²) in [6, 6.07) is 3.08. The number of carbonyl (C=O) groups is 1. The lowest BCUT2D eigenvalue weighted by molar-refractivity contribution is 0.102. The largest absolute Gasteiger partial charge is 0.340 e. The molecular weight excluding hydrogens is 364 g/mol. The molecule has 0 aromatic carbocycles. The van der Waals surface area contributed by atoms with Crippen LogP contribution in [0.5, 0.6) is 0 Å². The number of pyridine rings is 1. The van der Waals surface area contributed by atoms with E-state index in [9.17, 15) is 4.79 Å². The highest BCUT2D eigenvalue weighted by Gasteiger charge is 2.12. The van der Waals surface area contributed by atoms with Crippen LogP contribution in [0.4, 0.5) is 5.69 Å². The number of rotatable bonds is 2. The number of aromatic amines is 1. The van der Waals surface area contributed by atoms with E-state index in [1.807, 2.05) is 0 Å². The third-order valence-corrected chi connectivity index (χ3v) is 3.85. The summed E-state index contributed by atoms with van der Waals surface area (Å²) in [4.78, 5) is 18.4. The number of H-pyrrole nitrogens is 1. The molecule has 0 atom stereocenters. The topological polar surface area (TPSA) is 57.8 Å². The molecule has 8 heteroatoms. The summed E-state index contributed by atoms with van der Waals surface area (Å²) < 4.78 is 0.588. The third-order valence-electron chi connectivity index (χ3n) is 2.02. The van der Waals surface area contributed by atoms with Crippen molar-refractivity contribution >= 4 is 62.3 Å². The minimum absolute atomic E-state index is 0.220. The molecule has 0 aliphatic heterocycles. The third kappa shape index (κ3) is 2.98. The smallest absolute Gasteiger partial charge is 0.272 e. The van der Waals surface area contributed by atoms with Crippen LogP contribution in [-0.4, -0.2) is 15.9 Å². The number of nitrogens with one attached hydrogen (secondary N) is 2. The molecule has 1 amide bonds. The standard InChI is InChI=1S/C10H5BrCl3N3O/c11-5-1-4(3-15-8(5)13)16-10(18)7-2-6(12)9(14)17-7/h1-3,17H,(H,16,18). The van der Waals surface area contributed by atoms with E-state index in [0.29, 0.717) is 15.3 Å². The van der Waals surface area contributed by atoms with E-state index >= 15 is 0 Å². The van der Waals surface area contributed by atoms with Crippen molar-refractivity contribution in [1.82, 2.24) is 9.97 Å². The number of halogens is 4. The first-order valence-electron chi connectivity index (χ1n) is 4.64. The summed E-state index contributed by atoms with van der Waals surface area (Å²) in [5, 5.41) is 3.46. The van der Waals surface area contributed by atoms with E-state index in [-0.39, 0.29) is 21.8 Å². The second-order valence-corrected chi connectivity index (χ2v) is 5.29. The maximum absolute atomic E-state index is 11.8. The van der Waals surface area contributed by atoms with Gasteiger partial charge in [0.25, 0.3) is 5.91 Å². The van der Waals surface area contributed by atoms with Gasteiger partial charge in [-0.05, 0) is 28.1 Å². The Balaban J connectivity index is 2.18. The minimum Gasteiger partial charge on any atom is -0.340 e. The highest BCUT2D eigenvalue weighted by atomic mass is 79.9. The second kappa shape index (κ2) is 5.48. The van der Waals surface area contributed by atoms with Crippen LogP contribution in [0, 0.1) is 0 Å². The van der Waals surface area contributed by atoms with Crippen LogP contribution in [0.15, 0.2) is 22.8 Å². The average Bonchev–Trinajstić information content (AvgIpc) is 2.65. The number of hydrogen-bond acceptors (Lipinski definition) is 2. The molecule has 0 spiro atoms. The fraction of sp³-hybridized carbons (Fsp3) is 0. The summed E-state index contributed by atoms with van der Waals surface area (Å²) in [5.74, 6) is -0.375. The number of carbonyl (C=O) groups excluding carboxylic acids is 1. The summed E-state index contributed by atoms with van der Waals surface area (Å²) in [7, 11) is 0. The zero-order valence-electron chi connectivity index (χ0n) is 8.60. The SMILES string of the molecule is O=C(Nc1cnc(Cl)c(Br)c1)c1cc(Cl)c(Cl)[nH]1. The van der Waals surface area contributed by atoms with Gasteiger partial charge in [0.15, 0.2) is 0 Å². The molecule has 2 rings (SSSR count). The summed E-state index contributed by atoms with van der Waals surface area (Å²) in [6.07, 6.45) is 1.44. The lowest BCUT2D eigenvalue weighted by Gasteiger charge is -2.04.